The Hall–Kier alpha value is -0.390. The van der Waals surface area contributed by atoms with Gasteiger partial charge in [-0.05, 0) is 61.7 Å². The summed E-state index contributed by atoms with van der Waals surface area (Å²) < 4.78 is 6.15. The number of esters is 1. The van der Waals surface area contributed by atoms with Gasteiger partial charge in [0.1, 0.15) is 0 Å². The summed E-state index contributed by atoms with van der Waals surface area (Å²) in [7, 11) is 0. The van der Waals surface area contributed by atoms with Crippen LogP contribution in [0.3, 0.4) is 0 Å². The van der Waals surface area contributed by atoms with Crippen molar-refractivity contribution in [2.45, 2.75) is 40.2 Å². The van der Waals surface area contributed by atoms with Crippen LogP contribution in [0.1, 0.15) is 43.7 Å². The van der Waals surface area contributed by atoms with E-state index in [0.717, 1.165) is 9.35 Å². The minimum atomic E-state index is -0.559. The highest BCUT2D eigenvalue weighted by atomic mass is 79.9. The van der Waals surface area contributed by atoms with Crippen molar-refractivity contribution in [1.82, 2.24) is 0 Å². The smallest absolute Gasteiger partial charge is 0.311 e. The average Bonchev–Trinajstić information content (AvgIpc) is 2.57. The van der Waals surface area contributed by atoms with Gasteiger partial charge >= 0.3 is 5.97 Å². The van der Waals surface area contributed by atoms with E-state index in [2.05, 4.69) is 15.9 Å². The van der Waals surface area contributed by atoms with E-state index in [1.165, 1.54) is 4.88 Å². The molecule has 1 aromatic rings. The first-order valence-electron chi connectivity index (χ1n) is 5.96. The number of ether oxygens (including phenoxy) is 1. The molecule has 0 saturated heterocycles. The summed E-state index contributed by atoms with van der Waals surface area (Å²) in [6, 6.07) is 1.89. The van der Waals surface area contributed by atoms with Crippen molar-refractivity contribution in [1.29, 1.82) is 0 Å². The van der Waals surface area contributed by atoms with Crippen LogP contribution in [0, 0.1) is 12.3 Å². The van der Waals surface area contributed by atoms with Crippen LogP contribution in [0.5, 0.6) is 0 Å². The fourth-order valence-corrected chi connectivity index (χ4v) is 3.68. The van der Waals surface area contributed by atoms with Gasteiger partial charge in [-0.2, -0.15) is 0 Å². The van der Waals surface area contributed by atoms with Gasteiger partial charge in [-0.15, -0.1) is 11.3 Å². The van der Waals surface area contributed by atoms with E-state index in [1.54, 1.807) is 11.3 Å². The SMILES string of the molecule is CCOC(=O)C(C)(C)CC(N)c1cc(Br)sc1C. The molecule has 18 heavy (non-hydrogen) atoms. The molecule has 1 rings (SSSR count). The van der Waals surface area contributed by atoms with Gasteiger partial charge in [0.15, 0.2) is 0 Å². The van der Waals surface area contributed by atoms with Crippen LogP contribution in [0.15, 0.2) is 9.85 Å². The second-order valence-electron chi connectivity index (χ2n) is 4.98. The lowest BCUT2D eigenvalue weighted by atomic mass is 9.84. The van der Waals surface area contributed by atoms with Gasteiger partial charge in [-0.3, -0.25) is 4.79 Å². The topological polar surface area (TPSA) is 52.3 Å². The lowest BCUT2D eigenvalue weighted by molar-refractivity contribution is -0.154. The highest BCUT2D eigenvalue weighted by molar-refractivity contribution is 9.11. The highest BCUT2D eigenvalue weighted by Gasteiger charge is 2.32. The fraction of sp³-hybridized carbons (Fsp3) is 0.615. The van der Waals surface area contributed by atoms with Crippen molar-refractivity contribution in [3.63, 3.8) is 0 Å². The summed E-state index contributed by atoms with van der Waals surface area (Å²) in [4.78, 5) is 13.0. The van der Waals surface area contributed by atoms with Gasteiger partial charge in [0, 0.05) is 10.9 Å². The van der Waals surface area contributed by atoms with E-state index in [9.17, 15) is 4.79 Å². The van der Waals surface area contributed by atoms with Crippen LogP contribution in [-0.2, 0) is 9.53 Å². The molecule has 0 saturated carbocycles. The number of hydrogen-bond acceptors (Lipinski definition) is 4. The Bertz CT molecular complexity index is 429. The third kappa shape index (κ3) is 3.80. The molecular formula is C13H20BrNO2S. The number of nitrogens with two attached hydrogens (primary N) is 1. The van der Waals surface area contributed by atoms with Gasteiger partial charge in [-0.25, -0.2) is 0 Å². The van der Waals surface area contributed by atoms with Gasteiger partial charge < -0.3 is 10.5 Å². The van der Waals surface area contributed by atoms with Gasteiger partial charge in [0.2, 0.25) is 0 Å². The largest absolute Gasteiger partial charge is 0.466 e. The van der Waals surface area contributed by atoms with E-state index in [0.29, 0.717) is 13.0 Å². The molecule has 0 spiro atoms. The normalized spacial score (nSPS) is 13.4. The van der Waals surface area contributed by atoms with Crippen molar-refractivity contribution in [3.05, 3.63) is 20.3 Å². The quantitative estimate of drug-likeness (QED) is 0.834. The molecule has 1 unspecified atom stereocenters. The van der Waals surface area contributed by atoms with Crippen LogP contribution in [-0.4, -0.2) is 12.6 Å². The van der Waals surface area contributed by atoms with Crippen LogP contribution in [0.25, 0.3) is 0 Å². The summed E-state index contributed by atoms with van der Waals surface area (Å²) in [5, 5.41) is 0. The Morgan fingerprint density at radius 3 is 2.67 bits per heavy atom. The Labute approximate surface area is 121 Å². The number of halogens is 1. The number of aryl methyl sites for hydroxylation is 1. The van der Waals surface area contributed by atoms with Gasteiger partial charge in [-0.1, -0.05) is 0 Å². The third-order valence-electron chi connectivity index (χ3n) is 2.88. The van der Waals surface area contributed by atoms with Crippen LogP contribution in [0.2, 0.25) is 0 Å². The van der Waals surface area contributed by atoms with Crippen LogP contribution >= 0.6 is 27.3 Å². The third-order valence-corrected chi connectivity index (χ3v) is 4.45. The molecule has 2 N–H and O–H groups in total. The first kappa shape index (κ1) is 15.7. The van der Waals surface area contributed by atoms with Crippen molar-refractivity contribution in [2.24, 2.45) is 11.1 Å². The average molecular weight is 334 g/mol. The Morgan fingerprint density at radius 2 is 2.22 bits per heavy atom. The van der Waals surface area contributed by atoms with E-state index >= 15 is 0 Å². The van der Waals surface area contributed by atoms with Crippen molar-refractivity contribution >= 4 is 33.2 Å². The Kier molecular flexibility index (Phi) is 5.37. The molecule has 0 amide bonds. The summed E-state index contributed by atoms with van der Waals surface area (Å²) in [5.41, 5.74) is 6.75. The summed E-state index contributed by atoms with van der Waals surface area (Å²) in [6.07, 6.45) is 0.579. The predicted molar refractivity (Wildman–Crippen MR) is 78.7 cm³/mol. The lowest BCUT2D eigenvalue weighted by Crippen LogP contribution is -2.31. The maximum absolute atomic E-state index is 11.8. The molecule has 102 valence electrons. The molecule has 0 aliphatic heterocycles. The molecule has 1 atom stereocenters. The summed E-state index contributed by atoms with van der Waals surface area (Å²) in [5.74, 6) is -0.188. The number of hydrogen-bond donors (Lipinski definition) is 1. The molecule has 0 radical (unpaired) electrons. The second-order valence-corrected chi connectivity index (χ2v) is 7.61. The molecular weight excluding hydrogens is 314 g/mol. The minimum absolute atomic E-state index is 0.146. The molecule has 1 heterocycles. The fourth-order valence-electron chi connectivity index (χ4n) is 1.90. The molecule has 0 aliphatic carbocycles. The predicted octanol–water partition coefficient (Wildman–Crippen LogP) is 3.80. The zero-order chi connectivity index (χ0) is 13.9. The first-order chi connectivity index (χ1) is 8.27. The number of carbonyl (C=O) groups excluding carboxylic acids is 1. The summed E-state index contributed by atoms with van der Waals surface area (Å²) in [6.45, 7) is 8.01. The molecule has 1 aromatic heterocycles. The van der Waals surface area contributed by atoms with Crippen LogP contribution in [0.4, 0.5) is 0 Å². The molecule has 0 aliphatic rings. The maximum Gasteiger partial charge on any atom is 0.311 e. The van der Waals surface area contributed by atoms with Crippen LogP contribution < -0.4 is 5.73 Å². The summed E-state index contributed by atoms with van der Waals surface area (Å²) >= 11 is 5.12. The standard InChI is InChI=1S/C13H20BrNO2S/c1-5-17-12(16)13(3,4)7-10(15)9-6-11(14)18-8(9)2/h6,10H,5,7,15H2,1-4H3. The van der Waals surface area contributed by atoms with Crippen molar-refractivity contribution in [2.75, 3.05) is 6.61 Å². The van der Waals surface area contributed by atoms with Crippen molar-refractivity contribution < 1.29 is 9.53 Å². The van der Waals surface area contributed by atoms with Gasteiger partial charge in [0.05, 0.1) is 15.8 Å². The molecule has 3 nitrogen and oxygen atoms in total. The zero-order valence-corrected chi connectivity index (χ0v) is 13.7. The van der Waals surface area contributed by atoms with E-state index in [-0.39, 0.29) is 12.0 Å². The Balaban J connectivity index is 2.78. The number of thiophene rings is 1. The molecule has 0 aromatic carbocycles. The molecule has 0 fully saturated rings. The monoisotopic (exact) mass is 333 g/mol. The number of carbonyl (C=O) groups is 1. The second kappa shape index (κ2) is 6.17. The van der Waals surface area contributed by atoms with E-state index < -0.39 is 5.41 Å². The number of rotatable bonds is 5. The van der Waals surface area contributed by atoms with Crippen molar-refractivity contribution in [3.8, 4) is 0 Å². The molecule has 5 heteroatoms. The Morgan fingerprint density at radius 1 is 1.61 bits per heavy atom. The first-order valence-corrected chi connectivity index (χ1v) is 7.57. The lowest BCUT2D eigenvalue weighted by Gasteiger charge is -2.25. The van der Waals surface area contributed by atoms with E-state index in [1.807, 2.05) is 33.8 Å². The minimum Gasteiger partial charge on any atom is -0.466 e. The van der Waals surface area contributed by atoms with E-state index in [4.69, 9.17) is 10.5 Å². The zero-order valence-electron chi connectivity index (χ0n) is 11.2. The van der Waals surface area contributed by atoms with Gasteiger partial charge in [0.25, 0.3) is 0 Å². The maximum atomic E-state index is 11.8. The molecule has 0 bridgehead atoms. The highest BCUT2D eigenvalue weighted by Crippen LogP contribution is 2.35.